The van der Waals surface area contributed by atoms with Crippen molar-refractivity contribution in [3.05, 3.63) is 59.1 Å². The van der Waals surface area contributed by atoms with E-state index in [0.29, 0.717) is 17.1 Å². The van der Waals surface area contributed by atoms with Crippen molar-refractivity contribution in [1.82, 2.24) is 9.88 Å². The Morgan fingerprint density at radius 3 is 2.44 bits per heavy atom. The van der Waals surface area contributed by atoms with Crippen molar-refractivity contribution in [2.24, 2.45) is 0 Å². The number of rotatable bonds is 8. The molecule has 0 aliphatic carbocycles. The number of sulfone groups is 1. The fourth-order valence-electron chi connectivity index (χ4n) is 3.47. The molecule has 0 spiro atoms. The molecule has 0 bridgehead atoms. The van der Waals surface area contributed by atoms with E-state index in [1.54, 1.807) is 12.1 Å². The van der Waals surface area contributed by atoms with Crippen molar-refractivity contribution in [3.63, 3.8) is 0 Å². The van der Waals surface area contributed by atoms with Gasteiger partial charge in [-0.2, -0.15) is 4.98 Å². The van der Waals surface area contributed by atoms with Gasteiger partial charge < -0.3 is 14.5 Å². The molecule has 0 radical (unpaired) electrons. The van der Waals surface area contributed by atoms with Gasteiger partial charge in [0.05, 0.1) is 18.1 Å². The highest BCUT2D eigenvalue weighted by molar-refractivity contribution is 7.91. The van der Waals surface area contributed by atoms with Gasteiger partial charge in [-0.15, -0.1) is 0 Å². The first-order valence-electron chi connectivity index (χ1n) is 10.6. The van der Waals surface area contributed by atoms with Gasteiger partial charge in [0, 0.05) is 30.2 Å². The van der Waals surface area contributed by atoms with Gasteiger partial charge in [-0.3, -0.25) is 4.90 Å². The summed E-state index contributed by atoms with van der Waals surface area (Å²) in [5.41, 5.74) is 1.81. The topological polar surface area (TPSA) is 84.7 Å². The molecule has 2 aromatic carbocycles. The summed E-state index contributed by atoms with van der Waals surface area (Å²) in [6, 6.07) is 13.6. The summed E-state index contributed by atoms with van der Waals surface area (Å²) in [6.07, 6.45) is 0.834. The highest BCUT2D eigenvalue weighted by atomic mass is 35.5. The molecule has 7 nitrogen and oxygen atoms in total. The van der Waals surface area contributed by atoms with Gasteiger partial charge in [0.15, 0.2) is 0 Å². The number of aryl methyl sites for hydroxylation is 1. The third kappa shape index (κ3) is 5.32. The Labute approximate surface area is 193 Å². The normalized spacial score (nSPS) is 15.1. The number of ether oxygens (including phenoxy) is 1. The number of benzene rings is 2. The molecule has 1 aliphatic rings. The molecular formula is C23H26ClN3O4S. The minimum absolute atomic E-state index is 0.113. The first-order valence-corrected chi connectivity index (χ1v) is 12.4. The number of nitrogens with zero attached hydrogens (tertiary/aromatic N) is 2. The summed E-state index contributed by atoms with van der Waals surface area (Å²) >= 11 is 5.93. The molecule has 0 atom stereocenters. The zero-order valence-corrected chi connectivity index (χ0v) is 19.5. The van der Waals surface area contributed by atoms with E-state index in [0.717, 1.165) is 44.8 Å². The molecule has 32 heavy (non-hydrogen) atoms. The average Bonchev–Trinajstić information content (AvgIpc) is 3.23. The second-order valence-corrected chi connectivity index (χ2v) is 10.0. The van der Waals surface area contributed by atoms with E-state index in [4.69, 9.17) is 20.8 Å². The van der Waals surface area contributed by atoms with Crippen molar-refractivity contribution in [3.8, 4) is 11.5 Å². The minimum Gasteiger partial charge on any atom is -0.419 e. The molecule has 4 rings (SSSR count). The van der Waals surface area contributed by atoms with Crippen LogP contribution in [0.5, 0.6) is 0 Å². The zero-order chi connectivity index (χ0) is 22.6. The summed E-state index contributed by atoms with van der Waals surface area (Å²) in [5, 5.41) is 3.49. The lowest BCUT2D eigenvalue weighted by atomic mass is 10.1. The maximum absolute atomic E-state index is 13.3. The number of anilines is 1. The van der Waals surface area contributed by atoms with E-state index in [9.17, 15) is 8.42 Å². The summed E-state index contributed by atoms with van der Waals surface area (Å²) < 4.78 is 37.9. The maximum atomic E-state index is 13.3. The van der Waals surface area contributed by atoms with Gasteiger partial charge in [-0.1, -0.05) is 29.3 Å². The van der Waals surface area contributed by atoms with Crippen LogP contribution in [0.3, 0.4) is 0 Å². The monoisotopic (exact) mass is 475 g/mol. The number of hydrogen-bond donors (Lipinski definition) is 1. The van der Waals surface area contributed by atoms with Crippen LogP contribution in [0.15, 0.2) is 62.9 Å². The SMILES string of the molecule is Cc1ccc(-c2nc(S(=O)(=O)c3ccc(Cl)cc3)c(NCCCN3CCOCC3)o2)cc1. The predicted octanol–water partition coefficient (Wildman–Crippen LogP) is 4.27. The molecule has 0 unspecified atom stereocenters. The van der Waals surface area contributed by atoms with Crippen LogP contribution >= 0.6 is 11.6 Å². The van der Waals surface area contributed by atoms with Gasteiger partial charge in [-0.05, 0) is 56.3 Å². The van der Waals surface area contributed by atoms with Crippen LogP contribution in [0, 0.1) is 6.92 Å². The fraction of sp³-hybridized carbons (Fsp3) is 0.348. The molecule has 1 N–H and O–H groups in total. The van der Waals surface area contributed by atoms with E-state index in [1.165, 1.54) is 12.1 Å². The summed E-state index contributed by atoms with van der Waals surface area (Å²) in [7, 11) is -3.89. The fourth-order valence-corrected chi connectivity index (χ4v) is 4.88. The van der Waals surface area contributed by atoms with E-state index in [-0.39, 0.29) is 21.7 Å². The molecule has 170 valence electrons. The lowest BCUT2D eigenvalue weighted by Gasteiger charge is -2.26. The zero-order valence-electron chi connectivity index (χ0n) is 17.9. The predicted molar refractivity (Wildman–Crippen MR) is 124 cm³/mol. The standard InChI is InChI=1S/C23H26ClN3O4S/c1-17-3-5-18(6-4-17)21-26-23(32(28,29)20-9-7-19(24)8-10-20)22(31-21)25-11-2-12-27-13-15-30-16-14-27/h3-10,25H,2,11-16H2,1H3. The minimum atomic E-state index is -3.89. The molecule has 1 aliphatic heterocycles. The molecule has 2 heterocycles. The van der Waals surface area contributed by atoms with Crippen LogP contribution in [0.25, 0.3) is 11.5 Å². The van der Waals surface area contributed by atoms with Gasteiger partial charge in [0.2, 0.25) is 26.6 Å². The molecule has 0 amide bonds. The van der Waals surface area contributed by atoms with Gasteiger partial charge in [-0.25, -0.2) is 8.42 Å². The maximum Gasteiger partial charge on any atom is 0.233 e. The van der Waals surface area contributed by atoms with E-state index in [1.807, 2.05) is 31.2 Å². The average molecular weight is 476 g/mol. The molecule has 3 aromatic rings. The van der Waals surface area contributed by atoms with Crippen LogP contribution in [-0.4, -0.2) is 57.7 Å². The van der Waals surface area contributed by atoms with Gasteiger partial charge in [0.1, 0.15) is 0 Å². The van der Waals surface area contributed by atoms with Crippen molar-refractivity contribution in [2.45, 2.75) is 23.3 Å². The number of oxazole rings is 1. The van der Waals surface area contributed by atoms with Gasteiger partial charge >= 0.3 is 0 Å². The largest absolute Gasteiger partial charge is 0.419 e. The lowest BCUT2D eigenvalue weighted by Crippen LogP contribution is -2.37. The third-order valence-electron chi connectivity index (χ3n) is 5.31. The first kappa shape index (κ1) is 22.8. The van der Waals surface area contributed by atoms with Crippen molar-refractivity contribution >= 4 is 27.3 Å². The number of aromatic nitrogens is 1. The summed E-state index contributed by atoms with van der Waals surface area (Å²) in [4.78, 5) is 6.81. The molecular weight excluding hydrogens is 450 g/mol. The summed E-state index contributed by atoms with van der Waals surface area (Å²) in [6.45, 7) is 6.76. The van der Waals surface area contributed by atoms with Crippen LogP contribution < -0.4 is 5.32 Å². The van der Waals surface area contributed by atoms with Crippen LogP contribution in [0.1, 0.15) is 12.0 Å². The van der Waals surface area contributed by atoms with Crippen LogP contribution in [0.2, 0.25) is 5.02 Å². The van der Waals surface area contributed by atoms with E-state index >= 15 is 0 Å². The highest BCUT2D eigenvalue weighted by Gasteiger charge is 2.28. The Kier molecular flexibility index (Phi) is 7.15. The first-order chi connectivity index (χ1) is 15.4. The Morgan fingerprint density at radius 2 is 1.75 bits per heavy atom. The smallest absolute Gasteiger partial charge is 0.233 e. The highest BCUT2D eigenvalue weighted by Crippen LogP contribution is 2.32. The van der Waals surface area contributed by atoms with Crippen LogP contribution in [-0.2, 0) is 14.6 Å². The second kappa shape index (κ2) is 10.0. The quantitative estimate of drug-likeness (QED) is 0.487. The van der Waals surface area contributed by atoms with E-state index < -0.39 is 9.84 Å². The Hall–Kier alpha value is -2.39. The number of morpholine rings is 1. The molecule has 1 fully saturated rings. The van der Waals surface area contributed by atoms with Crippen molar-refractivity contribution in [2.75, 3.05) is 44.7 Å². The summed E-state index contributed by atoms with van der Waals surface area (Å²) in [5.74, 6) is 0.408. The molecule has 9 heteroatoms. The Balaban J connectivity index is 1.58. The third-order valence-corrected chi connectivity index (χ3v) is 7.24. The number of nitrogens with one attached hydrogen (secondary N) is 1. The molecule has 1 saturated heterocycles. The lowest BCUT2D eigenvalue weighted by molar-refractivity contribution is 0.0378. The Bertz CT molecular complexity index is 1140. The van der Waals surface area contributed by atoms with E-state index in [2.05, 4.69) is 15.2 Å². The van der Waals surface area contributed by atoms with Crippen molar-refractivity contribution in [1.29, 1.82) is 0 Å². The van der Waals surface area contributed by atoms with Crippen molar-refractivity contribution < 1.29 is 17.6 Å². The number of halogens is 1. The van der Waals surface area contributed by atoms with Crippen LogP contribution in [0.4, 0.5) is 5.88 Å². The van der Waals surface area contributed by atoms with Gasteiger partial charge in [0.25, 0.3) is 0 Å². The Morgan fingerprint density at radius 1 is 1.06 bits per heavy atom. The molecule has 0 saturated carbocycles. The number of hydrogen-bond acceptors (Lipinski definition) is 7. The second-order valence-electron chi connectivity index (χ2n) is 7.71. The molecule has 1 aromatic heterocycles.